The summed E-state index contributed by atoms with van der Waals surface area (Å²) in [6.45, 7) is 2.56. The molecule has 0 saturated carbocycles. The summed E-state index contributed by atoms with van der Waals surface area (Å²) in [5.74, 6) is 0.376. The van der Waals surface area contributed by atoms with Gasteiger partial charge in [-0.3, -0.25) is 19.9 Å². The molecule has 4 atom stereocenters. The van der Waals surface area contributed by atoms with Crippen molar-refractivity contribution in [2.45, 2.75) is 51.0 Å². The number of nitrogens with zero attached hydrogens (tertiary/aromatic N) is 3. The van der Waals surface area contributed by atoms with Crippen LogP contribution in [0.2, 0.25) is 0 Å². The van der Waals surface area contributed by atoms with Gasteiger partial charge in [0.25, 0.3) is 5.69 Å². The van der Waals surface area contributed by atoms with Crippen molar-refractivity contribution in [3.63, 3.8) is 0 Å². The van der Waals surface area contributed by atoms with Crippen LogP contribution in [0.1, 0.15) is 43.4 Å². The van der Waals surface area contributed by atoms with Gasteiger partial charge in [0.2, 0.25) is 5.91 Å². The van der Waals surface area contributed by atoms with Crippen molar-refractivity contribution in [2.24, 2.45) is 5.92 Å². The van der Waals surface area contributed by atoms with Crippen molar-refractivity contribution in [2.75, 3.05) is 0 Å². The van der Waals surface area contributed by atoms with Crippen molar-refractivity contribution in [3.8, 4) is 0 Å². The molecular weight excluding hydrogens is 358 g/mol. The van der Waals surface area contributed by atoms with E-state index in [4.69, 9.17) is 4.74 Å². The fourth-order valence-corrected chi connectivity index (χ4v) is 4.53. The normalized spacial score (nSPS) is 27.3. The van der Waals surface area contributed by atoms with Gasteiger partial charge in [-0.1, -0.05) is 30.3 Å². The topological polar surface area (TPSA) is 85.6 Å². The molecule has 0 N–H and O–H groups in total. The van der Waals surface area contributed by atoms with E-state index in [1.807, 2.05) is 42.2 Å². The van der Waals surface area contributed by atoms with Crippen LogP contribution in [0.3, 0.4) is 0 Å². The van der Waals surface area contributed by atoms with Crippen molar-refractivity contribution < 1.29 is 14.5 Å². The lowest BCUT2D eigenvalue weighted by Crippen LogP contribution is -2.54. The Morgan fingerprint density at radius 3 is 2.82 bits per heavy atom. The molecule has 7 nitrogen and oxygen atoms in total. The maximum Gasteiger partial charge on any atom is 0.293 e. The molecule has 28 heavy (non-hydrogen) atoms. The summed E-state index contributed by atoms with van der Waals surface area (Å²) in [4.78, 5) is 29.6. The molecule has 146 valence electrons. The lowest BCUT2D eigenvalue weighted by molar-refractivity contribution is -0.386. The number of carbonyl (C=O) groups excluding carboxylic acids is 1. The van der Waals surface area contributed by atoms with Crippen LogP contribution in [0.25, 0.3) is 0 Å². The van der Waals surface area contributed by atoms with Crippen LogP contribution in [0.5, 0.6) is 0 Å². The predicted molar refractivity (Wildman–Crippen MR) is 102 cm³/mol. The zero-order chi connectivity index (χ0) is 19.7. The number of aromatic nitrogens is 1. The average molecular weight is 381 g/mol. The molecule has 7 heteroatoms. The van der Waals surface area contributed by atoms with Crippen LogP contribution in [-0.2, 0) is 16.1 Å². The summed E-state index contributed by atoms with van der Waals surface area (Å²) in [5, 5.41) is 11.4. The van der Waals surface area contributed by atoms with E-state index in [-0.39, 0.29) is 29.7 Å². The predicted octanol–water partition coefficient (Wildman–Crippen LogP) is 3.65. The quantitative estimate of drug-likeness (QED) is 0.596. The molecule has 2 saturated heterocycles. The summed E-state index contributed by atoms with van der Waals surface area (Å²) in [6.07, 6.45) is 4.17. The molecular formula is C21H23N3O4. The standard InChI is InChI=1S/C21H23N3O4/c1-14-16-7-8-21(25)23(13-15-5-3-2-4-6-15)18(16)11-20(28-14)17-9-10-22-12-19(17)24(26)27/h2-6,9-10,12,14,16,18,20H,7-8,11,13H2,1H3. The lowest BCUT2D eigenvalue weighted by Gasteiger charge is -2.48. The fourth-order valence-electron chi connectivity index (χ4n) is 4.53. The van der Waals surface area contributed by atoms with Crippen LogP contribution in [0, 0.1) is 16.0 Å². The number of pyridine rings is 1. The second-order valence-electron chi connectivity index (χ2n) is 7.53. The SMILES string of the molecule is CC1OC(c2ccncc2[N+](=O)[O-])CC2C1CCC(=O)N2Cc1ccccc1. The highest BCUT2D eigenvalue weighted by atomic mass is 16.6. The van der Waals surface area contributed by atoms with Crippen LogP contribution in [0.4, 0.5) is 5.69 Å². The molecule has 0 spiro atoms. The first-order chi connectivity index (χ1) is 13.5. The van der Waals surface area contributed by atoms with Gasteiger partial charge in [0.05, 0.1) is 22.7 Å². The third-order valence-electron chi connectivity index (χ3n) is 5.92. The minimum Gasteiger partial charge on any atom is -0.370 e. The maximum absolute atomic E-state index is 12.7. The Hall–Kier alpha value is -2.80. The molecule has 1 amide bonds. The minimum atomic E-state index is -0.427. The monoisotopic (exact) mass is 381 g/mol. The molecule has 2 aliphatic rings. The fraction of sp³-hybridized carbons (Fsp3) is 0.429. The third kappa shape index (κ3) is 3.49. The first-order valence-corrected chi connectivity index (χ1v) is 9.61. The number of nitro groups is 1. The molecule has 2 aromatic rings. The van der Waals surface area contributed by atoms with E-state index in [0.29, 0.717) is 24.9 Å². The van der Waals surface area contributed by atoms with Crippen molar-refractivity contribution in [1.29, 1.82) is 0 Å². The molecule has 0 radical (unpaired) electrons. The molecule has 2 fully saturated rings. The maximum atomic E-state index is 12.7. The molecule has 4 unspecified atom stereocenters. The molecule has 3 heterocycles. The number of hydrogen-bond donors (Lipinski definition) is 0. The number of hydrogen-bond acceptors (Lipinski definition) is 5. The van der Waals surface area contributed by atoms with Gasteiger partial charge >= 0.3 is 0 Å². The Kier molecular flexibility index (Phi) is 5.09. The van der Waals surface area contributed by atoms with E-state index in [1.54, 1.807) is 12.3 Å². The van der Waals surface area contributed by atoms with Crippen LogP contribution in [0.15, 0.2) is 48.8 Å². The average Bonchev–Trinajstić information content (AvgIpc) is 2.71. The number of piperidine rings is 1. The first-order valence-electron chi connectivity index (χ1n) is 9.61. The number of fused-ring (bicyclic) bond motifs is 1. The van der Waals surface area contributed by atoms with Crippen LogP contribution < -0.4 is 0 Å². The second kappa shape index (κ2) is 7.67. The van der Waals surface area contributed by atoms with Crippen molar-refractivity contribution >= 4 is 11.6 Å². The Balaban J connectivity index is 1.64. The molecule has 1 aromatic heterocycles. The molecule has 4 rings (SSSR count). The summed E-state index contributed by atoms with van der Waals surface area (Å²) in [5.41, 5.74) is 1.58. The zero-order valence-electron chi connectivity index (χ0n) is 15.7. The highest BCUT2D eigenvalue weighted by Crippen LogP contribution is 2.43. The van der Waals surface area contributed by atoms with Gasteiger partial charge < -0.3 is 9.64 Å². The Morgan fingerprint density at radius 2 is 2.07 bits per heavy atom. The van der Waals surface area contributed by atoms with E-state index in [1.165, 1.54) is 6.20 Å². The van der Waals surface area contributed by atoms with E-state index >= 15 is 0 Å². The van der Waals surface area contributed by atoms with Gasteiger partial charge in [0, 0.05) is 31.1 Å². The van der Waals surface area contributed by atoms with E-state index in [0.717, 1.165) is 12.0 Å². The molecule has 2 aliphatic heterocycles. The van der Waals surface area contributed by atoms with Crippen LogP contribution >= 0.6 is 0 Å². The number of benzene rings is 1. The summed E-state index contributed by atoms with van der Waals surface area (Å²) >= 11 is 0. The molecule has 1 aromatic carbocycles. The largest absolute Gasteiger partial charge is 0.370 e. The van der Waals surface area contributed by atoms with Gasteiger partial charge in [-0.25, -0.2) is 0 Å². The van der Waals surface area contributed by atoms with Gasteiger partial charge in [-0.05, 0) is 31.4 Å². The van der Waals surface area contributed by atoms with E-state index < -0.39 is 11.0 Å². The van der Waals surface area contributed by atoms with Gasteiger partial charge in [-0.15, -0.1) is 0 Å². The first kappa shape index (κ1) is 18.6. The van der Waals surface area contributed by atoms with Crippen LogP contribution in [-0.4, -0.2) is 32.9 Å². The minimum absolute atomic E-state index is 0.00276. The Bertz CT molecular complexity index is 873. The number of likely N-dealkylation sites (tertiary alicyclic amines) is 1. The van der Waals surface area contributed by atoms with Crippen molar-refractivity contribution in [1.82, 2.24) is 9.88 Å². The summed E-state index contributed by atoms with van der Waals surface area (Å²) < 4.78 is 6.20. The van der Waals surface area contributed by atoms with E-state index in [2.05, 4.69) is 4.98 Å². The number of rotatable bonds is 4. The zero-order valence-corrected chi connectivity index (χ0v) is 15.7. The Labute approximate surface area is 163 Å². The van der Waals surface area contributed by atoms with Crippen molar-refractivity contribution in [3.05, 3.63) is 70.0 Å². The lowest BCUT2D eigenvalue weighted by atomic mass is 9.78. The van der Waals surface area contributed by atoms with Gasteiger partial charge in [-0.2, -0.15) is 0 Å². The van der Waals surface area contributed by atoms with Gasteiger partial charge in [0.15, 0.2) is 0 Å². The third-order valence-corrected chi connectivity index (χ3v) is 5.92. The highest BCUT2D eigenvalue weighted by molar-refractivity contribution is 5.77. The second-order valence-corrected chi connectivity index (χ2v) is 7.53. The molecule has 0 aliphatic carbocycles. The van der Waals surface area contributed by atoms with Gasteiger partial charge in [0.1, 0.15) is 6.20 Å². The highest BCUT2D eigenvalue weighted by Gasteiger charge is 2.45. The van der Waals surface area contributed by atoms with E-state index in [9.17, 15) is 14.9 Å². The number of carbonyl (C=O) groups is 1. The Morgan fingerprint density at radius 1 is 1.29 bits per heavy atom. The number of amides is 1. The molecule has 0 bridgehead atoms. The summed E-state index contributed by atoms with van der Waals surface area (Å²) in [6, 6.07) is 11.6. The smallest absolute Gasteiger partial charge is 0.293 e. The summed E-state index contributed by atoms with van der Waals surface area (Å²) in [7, 11) is 0. The number of ether oxygens (including phenoxy) is 1.